The number of hydrogen-bond acceptors (Lipinski definition) is 8. The molecule has 0 aliphatic carbocycles. The topological polar surface area (TPSA) is 127 Å². The average Bonchev–Trinajstić information content (AvgIpc) is 3.39. The molecule has 1 aliphatic heterocycles. The van der Waals surface area contributed by atoms with Gasteiger partial charge in [0.15, 0.2) is 5.88 Å². The van der Waals surface area contributed by atoms with Gasteiger partial charge in [0, 0.05) is 25.5 Å². The van der Waals surface area contributed by atoms with Crippen LogP contribution < -0.4 is 10.5 Å². The normalized spacial score (nSPS) is 20.8. The fourth-order valence-electron chi connectivity index (χ4n) is 4.29. The quantitative estimate of drug-likeness (QED) is 0.477. The van der Waals surface area contributed by atoms with E-state index in [1.54, 1.807) is 4.68 Å². The molecule has 3 heterocycles. The van der Waals surface area contributed by atoms with Crippen molar-refractivity contribution in [2.24, 2.45) is 17.8 Å². The number of aliphatic imine (C=N–C) groups is 1. The van der Waals surface area contributed by atoms with Crippen molar-refractivity contribution in [1.82, 2.24) is 24.9 Å². The van der Waals surface area contributed by atoms with E-state index in [-0.39, 0.29) is 31.2 Å². The molecule has 0 fully saturated rings. The first-order valence-corrected chi connectivity index (χ1v) is 12.1. The van der Waals surface area contributed by atoms with Crippen LogP contribution in [0.25, 0.3) is 28.1 Å². The van der Waals surface area contributed by atoms with Gasteiger partial charge in [0.05, 0.1) is 53.5 Å². The van der Waals surface area contributed by atoms with Crippen molar-refractivity contribution in [2.45, 2.75) is 33.0 Å². The number of aryl methyl sites for hydroxylation is 1. The molecule has 0 saturated heterocycles. The zero-order valence-electron chi connectivity index (χ0n) is 21.5. The minimum Gasteiger partial charge on any atom is -0.476 e. The highest BCUT2D eigenvalue weighted by Crippen LogP contribution is 2.33. The molecule has 1 aliphatic rings. The maximum absolute atomic E-state index is 9.47. The molecule has 4 rings (SSSR count). The van der Waals surface area contributed by atoms with Crippen LogP contribution in [0.4, 0.5) is 0 Å². The minimum atomic E-state index is -0.131. The maximum Gasteiger partial charge on any atom is 0.219 e. The number of rotatable bonds is 4. The fraction of sp³-hybridized carbons (Fsp3) is 0.423. The summed E-state index contributed by atoms with van der Waals surface area (Å²) in [5.74, 6) is 0.984. The monoisotopic (exact) mass is 493 g/mol. The number of allylic oxidation sites excluding steroid dienone is 1. The Morgan fingerprint density at radius 3 is 2.89 bits per heavy atom. The van der Waals surface area contributed by atoms with Crippen molar-refractivity contribution in [3.05, 3.63) is 47.6 Å². The first kappa shape index (κ1) is 25.5. The van der Waals surface area contributed by atoms with Crippen LogP contribution in [0.5, 0.6) is 5.88 Å². The summed E-state index contributed by atoms with van der Waals surface area (Å²) in [6, 6.07) is 6.08. The Bertz CT molecular complexity index is 1300. The highest BCUT2D eigenvalue weighted by atomic mass is 16.5. The van der Waals surface area contributed by atoms with Gasteiger partial charge in [-0.2, -0.15) is 10.2 Å². The van der Waals surface area contributed by atoms with Gasteiger partial charge in [-0.1, -0.05) is 6.07 Å². The lowest BCUT2D eigenvalue weighted by molar-refractivity contribution is 0.144. The van der Waals surface area contributed by atoms with Gasteiger partial charge < -0.3 is 20.3 Å². The smallest absolute Gasteiger partial charge is 0.219 e. The molecule has 0 unspecified atom stereocenters. The summed E-state index contributed by atoms with van der Waals surface area (Å²) in [6.45, 7) is 7.20. The van der Waals surface area contributed by atoms with E-state index in [4.69, 9.17) is 15.2 Å². The highest BCUT2D eigenvalue weighted by Gasteiger charge is 2.20. The summed E-state index contributed by atoms with van der Waals surface area (Å²) in [7, 11) is 3.88. The van der Waals surface area contributed by atoms with Gasteiger partial charge >= 0.3 is 0 Å². The molecule has 2 aromatic heterocycles. The SMILES string of the molecule is CC(C)O/C(N)=C1\C=C\c2[nH]nc3ccc(cc23)-c2cnn(C)c2O[C@@H](C)CN(C)CC1=NCCO. The van der Waals surface area contributed by atoms with Crippen LogP contribution in [0.1, 0.15) is 26.5 Å². The van der Waals surface area contributed by atoms with Gasteiger partial charge in [0.2, 0.25) is 5.88 Å². The summed E-state index contributed by atoms with van der Waals surface area (Å²) >= 11 is 0. The predicted octanol–water partition coefficient (Wildman–Crippen LogP) is 2.72. The predicted molar refractivity (Wildman–Crippen MR) is 142 cm³/mol. The molecule has 2 bridgehead atoms. The molecule has 1 atom stereocenters. The highest BCUT2D eigenvalue weighted by molar-refractivity contribution is 6.05. The van der Waals surface area contributed by atoms with E-state index in [2.05, 4.69) is 31.3 Å². The number of nitrogens with one attached hydrogen (secondary N) is 1. The Hall–Kier alpha value is -3.63. The summed E-state index contributed by atoms with van der Waals surface area (Å²) in [4.78, 5) is 6.77. The van der Waals surface area contributed by atoms with Crippen LogP contribution in [0.2, 0.25) is 0 Å². The van der Waals surface area contributed by atoms with Crippen molar-refractivity contribution >= 4 is 22.7 Å². The second-order valence-corrected chi connectivity index (χ2v) is 9.31. The number of nitrogens with two attached hydrogens (primary N) is 1. The lowest BCUT2D eigenvalue weighted by atomic mass is 10.0. The van der Waals surface area contributed by atoms with E-state index in [1.165, 1.54) is 0 Å². The van der Waals surface area contributed by atoms with E-state index in [0.717, 1.165) is 27.7 Å². The molecular formula is C26H35N7O3. The Kier molecular flexibility index (Phi) is 7.76. The first-order chi connectivity index (χ1) is 17.3. The number of benzene rings is 1. The molecule has 0 amide bonds. The van der Waals surface area contributed by atoms with E-state index in [1.807, 2.05) is 65.3 Å². The number of aromatic nitrogens is 4. The number of H-pyrrole nitrogens is 1. The van der Waals surface area contributed by atoms with E-state index >= 15 is 0 Å². The number of aliphatic hydroxyl groups excluding tert-OH is 1. The Labute approximate surface area is 211 Å². The van der Waals surface area contributed by atoms with E-state index in [9.17, 15) is 5.11 Å². The molecule has 3 aromatic rings. The fourth-order valence-corrected chi connectivity index (χ4v) is 4.29. The van der Waals surface area contributed by atoms with Gasteiger partial charge in [0.25, 0.3) is 0 Å². The molecule has 36 heavy (non-hydrogen) atoms. The second-order valence-electron chi connectivity index (χ2n) is 9.31. The van der Waals surface area contributed by atoms with E-state index in [0.29, 0.717) is 30.3 Å². The summed E-state index contributed by atoms with van der Waals surface area (Å²) in [5.41, 5.74) is 11.4. The molecule has 1 aromatic carbocycles. The van der Waals surface area contributed by atoms with Gasteiger partial charge in [-0.25, -0.2) is 4.68 Å². The molecule has 0 spiro atoms. The largest absolute Gasteiger partial charge is 0.476 e. The number of ether oxygens (including phenoxy) is 2. The third kappa shape index (κ3) is 5.60. The number of aromatic amines is 1. The molecule has 192 valence electrons. The van der Waals surface area contributed by atoms with Crippen molar-refractivity contribution in [2.75, 3.05) is 33.3 Å². The minimum absolute atomic E-state index is 0.0636. The third-order valence-corrected chi connectivity index (χ3v) is 5.84. The van der Waals surface area contributed by atoms with Crippen molar-refractivity contribution < 1.29 is 14.6 Å². The van der Waals surface area contributed by atoms with Gasteiger partial charge in [-0.3, -0.25) is 15.0 Å². The van der Waals surface area contributed by atoms with Gasteiger partial charge in [0.1, 0.15) is 6.10 Å². The zero-order valence-corrected chi connectivity index (χ0v) is 21.5. The number of likely N-dealkylation sites (N-methyl/N-ethyl adjacent to an activating group) is 1. The van der Waals surface area contributed by atoms with Crippen LogP contribution in [-0.2, 0) is 11.8 Å². The van der Waals surface area contributed by atoms with Crippen molar-refractivity contribution in [1.29, 1.82) is 0 Å². The number of nitrogens with zero attached hydrogens (tertiary/aromatic N) is 5. The molecule has 10 heteroatoms. The van der Waals surface area contributed by atoms with E-state index < -0.39 is 0 Å². The first-order valence-electron chi connectivity index (χ1n) is 12.1. The van der Waals surface area contributed by atoms with Gasteiger partial charge in [-0.15, -0.1) is 0 Å². The summed E-state index contributed by atoms with van der Waals surface area (Å²) in [5, 5.41) is 22.5. The average molecular weight is 494 g/mol. The Balaban J connectivity index is 1.89. The lowest BCUT2D eigenvalue weighted by Gasteiger charge is -2.24. The molecular weight excluding hydrogens is 458 g/mol. The van der Waals surface area contributed by atoms with Crippen molar-refractivity contribution in [3.8, 4) is 17.0 Å². The van der Waals surface area contributed by atoms with Crippen LogP contribution >= 0.6 is 0 Å². The van der Waals surface area contributed by atoms with Crippen LogP contribution in [-0.4, -0.2) is 81.2 Å². The Morgan fingerprint density at radius 1 is 1.33 bits per heavy atom. The third-order valence-electron chi connectivity index (χ3n) is 5.84. The summed E-state index contributed by atoms with van der Waals surface area (Å²) < 4.78 is 14.0. The zero-order chi connectivity index (χ0) is 25.8. The summed E-state index contributed by atoms with van der Waals surface area (Å²) in [6.07, 6.45) is 5.42. The molecule has 4 N–H and O–H groups in total. The van der Waals surface area contributed by atoms with Gasteiger partial charge in [-0.05, 0) is 57.7 Å². The van der Waals surface area contributed by atoms with Crippen LogP contribution in [0.15, 0.2) is 46.9 Å². The Morgan fingerprint density at radius 2 is 2.14 bits per heavy atom. The molecule has 10 nitrogen and oxygen atoms in total. The standard InChI is InChI=1S/C26H35N7O3/c1-16(2)35-25(27)19-7-9-23-20-12-18(6-8-22(20)30-31-23)21-13-29-33(5)26(21)36-17(3)14-32(4)15-24(19)28-10-11-34/h6-9,12-13,16-17,34H,10-11,14-15,27H2,1-5H3,(H,30,31)/b9-7+,25-19+,28-24?/t17-/m0/s1. The molecule has 0 saturated carbocycles. The van der Waals surface area contributed by atoms with Crippen molar-refractivity contribution in [3.63, 3.8) is 0 Å². The lowest BCUT2D eigenvalue weighted by Crippen LogP contribution is -2.36. The number of aliphatic hydroxyl groups is 1. The van der Waals surface area contributed by atoms with Crippen LogP contribution in [0, 0.1) is 0 Å². The molecule has 0 radical (unpaired) electrons. The van der Waals surface area contributed by atoms with Crippen LogP contribution in [0.3, 0.4) is 0 Å². The maximum atomic E-state index is 9.47. The second kappa shape index (κ2) is 11.0. The number of hydrogen-bond donors (Lipinski definition) is 3. The number of fused-ring (bicyclic) bond motifs is 3.